The molecule has 2 N–H and O–H groups in total. The second-order valence-corrected chi connectivity index (χ2v) is 6.73. The molecule has 0 fully saturated rings. The summed E-state index contributed by atoms with van der Waals surface area (Å²) >= 11 is 0. The lowest BCUT2D eigenvalue weighted by Gasteiger charge is -2.23. The van der Waals surface area contributed by atoms with Crippen molar-refractivity contribution in [2.75, 3.05) is 19.5 Å². The average Bonchev–Trinajstić information content (AvgIpc) is 2.78. The van der Waals surface area contributed by atoms with Gasteiger partial charge in [0.2, 0.25) is 5.91 Å². The van der Waals surface area contributed by atoms with E-state index in [4.69, 9.17) is 9.47 Å². The molecule has 0 radical (unpaired) electrons. The Hall–Kier alpha value is -3.47. The monoisotopic (exact) mass is 390 g/mol. The van der Waals surface area contributed by atoms with E-state index < -0.39 is 6.04 Å². The molecule has 0 aromatic heterocycles. The van der Waals surface area contributed by atoms with Crippen LogP contribution in [0.2, 0.25) is 0 Å². The summed E-state index contributed by atoms with van der Waals surface area (Å²) in [5, 5.41) is 6.39. The van der Waals surface area contributed by atoms with Gasteiger partial charge < -0.3 is 20.1 Å². The highest BCUT2D eigenvalue weighted by Crippen LogP contribution is 2.26. The third-order valence-corrected chi connectivity index (χ3v) is 4.68. The molecule has 29 heavy (non-hydrogen) atoms. The average molecular weight is 390 g/mol. The van der Waals surface area contributed by atoms with Crippen molar-refractivity contribution in [3.05, 3.63) is 90.0 Å². The van der Waals surface area contributed by atoms with E-state index in [1.165, 1.54) is 0 Å². The zero-order valence-corrected chi connectivity index (χ0v) is 16.9. The first-order valence-corrected chi connectivity index (χ1v) is 9.50. The van der Waals surface area contributed by atoms with Gasteiger partial charge in [-0.05, 0) is 18.1 Å². The number of rotatable bonds is 8. The molecule has 5 heteroatoms. The van der Waals surface area contributed by atoms with Crippen molar-refractivity contribution in [3.8, 4) is 11.5 Å². The Balaban J connectivity index is 1.78. The number of amides is 1. The van der Waals surface area contributed by atoms with E-state index in [0.29, 0.717) is 11.5 Å². The zero-order valence-electron chi connectivity index (χ0n) is 16.9. The fraction of sp³-hybridized carbons (Fsp3) is 0.208. The van der Waals surface area contributed by atoms with Crippen molar-refractivity contribution in [3.63, 3.8) is 0 Å². The topological polar surface area (TPSA) is 59.6 Å². The Bertz CT molecular complexity index is 868. The predicted octanol–water partition coefficient (Wildman–Crippen LogP) is 4.41. The highest BCUT2D eigenvalue weighted by atomic mass is 16.5. The Kier molecular flexibility index (Phi) is 6.74. The summed E-state index contributed by atoms with van der Waals surface area (Å²) < 4.78 is 10.6. The molecule has 0 unspecified atom stereocenters. The summed E-state index contributed by atoms with van der Waals surface area (Å²) in [6.07, 6.45) is 0. The molecule has 0 spiro atoms. The van der Waals surface area contributed by atoms with Gasteiger partial charge in [0.05, 0.1) is 20.3 Å². The minimum Gasteiger partial charge on any atom is -0.497 e. The Labute approximate surface area is 171 Å². The van der Waals surface area contributed by atoms with Crippen LogP contribution in [0.1, 0.15) is 24.1 Å². The minimum absolute atomic E-state index is 0.107. The standard InChI is InChI=1S/C24H26N2O3/c1-17(25-20-14-21(28-2)16-22(15-20)29-3)24(27)26-23(18-10-6-4-7-11-18)19-12-8-5-9-13-19/h4-17,23,25H,1-3H3,(H,26,27)/t17-/m1/s1. The van der Waals surface area contributed by atoms with Gasteiger partial charge in [-0.1, -0.05) is 60.7 Å². The minimum atomic E-state index is -0.457. The van der Waals surface area contributed by atoms with Crippen LogP contribution >= 0.6 is 0 Å². The normalized spacial score (nSPS) is 11.6. The number of nitrogens with one attached hydrogen (secondary N) is 2. The van der Waals surface area contributed by atoms with Gasteiger partial charge in [-0.15, -0.1) is 0 Å². The molecule has 3 rings (SSSR count). The third kappa shape index (κ3) is 5.29. The maximum atomic E-state index is 13.0. The number of carbonyl (C=O) groups is 1. The van der Waals surface area contributed by atoms with Crippen molar-refractivity contribution in [1.82, 2.24) is 5.32 Å². The quantitative estimate of drug-likeness (QED) is 0.598. The number of anilines is 1. The van der Waals surface area contributed by atoms with Crippen LogP contribution in [0.5, 0.6) is 11.5 Å². The van der Waals surface area contributed by atoms with Crippen molar-refractivity contribution in [2.24, 2.45) is 0 Å². The lowest BCUT2D eigenvalue weighted by molar-refractivity contribution is -0.122. The lowest BCUT2D eigenvalue weighted by atomic mass is 9.98. The van der Waals surface area contributed by atoms with Gasteiger partial charge in [-0.2, -0.15) is 0 Å². The molecule has 3 aromatic rings. The molecule has 0 aliphatic carbocycles. The van der Waals surface area contributed by atoms with Gasteiger partial charge >= 0.3 is 0 Å². The second kappa shape index (κ2) is 9.64. The SMILES string of the molecule is COc1cc(N[C@H](C)C(=O)NC(c2ccccc2)c2ccccc2)cc(OC)c1. The van der Waals surface area contributed by atoms with Gasteiger partial charge in [0.25, 0.3) is 0 Å². The van der Waals surface area contributed by atoms with E-state index in [2.05, 4.69) is 10.6 Å². The van der Waals surface area contributed by atoms with E-state index >= 15 is 0 Å². The molecular weight excluding hydrogens is 364 g/mol. The third-order valence-electron chi connectivity index (χ3n) is 4.68. The number of hydrogen-bond donors (Lipinski definition) is 2. The van der Waals surface area contributed by atoms with Crippen LogP contribution in [-0.2, 0) is 4.79 Å². The molecule has 0 saturated heterocycles. The second-order valence-electron chi connectivity index (χ2n) is 6.73. The Morgan fingerprint density at radius 2 is 1.28 bits per heavy atom. The highest BCUT2D eigenvalue weighted by molar-refractivity contribution is 5.85. The van der Waals surface area contributed by atoms with Crippen LogP contribution in [0.3, 0.4) is 0 Å². The molecule has 0 bridgehead atoms. The van der Waals surface area contributed by atoms with Gasteiger partial charge in [-0.3, -0.25) is 4.79 Å². The van der Waals surface area contributed by atoms with Crippen LogP contribution in [0, 0.1) is 0 Å². The van der Waals surface area contributed by atoms with Gasteiger partial charge in [-0.25, -0.2) is 0 Å². The van der Waals surface area contributed by atoms with Crippen molar-refractivity contribution < 1.29 is 14.3 Å². The maximum Gasteiger partial charge on any atom is 0.242 e. The molecule has 0 aliphatic heterocycles. The Morgan fingerprint density at radius 1 is 0.793 bits per heavy atom. The van der Waals surface area contributed by atoms with Crippen LogP contribution in [0.25, 0.3) is 0 Å². The van der Waals surface area contributed by atoms with E-state index in [-0.39, 0.29) is 11.9 Å². The summed E-state index contributed by atoms with van der Waals surface area (Å²) in [5.74, 6) is 1.21. The summed E-state index contributed by atoms with van der Waals surface area (Å²) in [4.78, 5) is 13.0. The smallest absolute Gasteiger partial charge is 0.242 e. The van der Waals surface area contributed by atoms with Crippen molar-refractivity contribution in [1.29, 1.82) is 0 Å². The van der Waals surface area contributed by atoms with E-state index in [1.807, 2.05) is 79.7 Å². The molecule has 0 aliphatic rings. The maximum absolute atomic E-state index is 13.0. The first-order valence-electron chi connectivity index (χ1n) is 9.50. The molecule has 3 aromatic carbocycles. The fourth-order valence-electron chi connectivity index (χ4n) is 3.12. The first-order chi connectivity index (χ1) is 14.1. The molecule has 0 saturated carbocycles. The fourth-order valence-corrected chi connectivity index (χ4v) is 3.12. The number of carbonyl (C=O) groups excluding carboxylic acids is 1. The molecule has 5 nitrogen and oxygen atoms in total. The summed E-state index contributed by atoms with van der Waals surface area (Å²) in [6.45, 7) is 1.83. The predicted molar refractivity (Wildman–Crippen MR) is 116 cm³/mol. The summed E-state index contributed by atoms with van der Waals surface area (Å²) in [5.41, 5.74) is 2.81. The van der Waals surface area contributed by atoms with Crippen LogP contribution in [-0.4, -0.2) is 26.2 Å². The molecular formula is C24H26N2O3. The van der Waals surface area contributed by atoms with Crippen LogP contribution in [0.15, 0.2) is 78.9 Å². The Morgan fingerprint density at radius 3 is 1.72 bits per heavy atom. The van der Waals surface area contributed by atoms with Crippen molar-refractivity contribution in [2.45, 2.75) is 19.0 Å². The lowest BCUT2D eigenvalue weighted by Crippen LogP contribution is -2.40. The first kappa shape index (κ1) is 20.3. The number of methoxy groups -OCH3 is 2. The number of ether oxygens (including phenoxy) is 2. The van der Waals surface area contributed by atoms with E-state index in [1.54, 1.807) is 20.3 Å². The highest BCUT2D eigenvalue weighted by Gasteiger charge is 2.20. The molecule has 150 valence electrons. The number of benzene rings is 3. The van der Waals surface area contributed by atoms with Crippen LogP contribution < -0.4 is 20.1 Å². The van der Waals surface area contributed by atoms with Gasteiger partial charge in [0.15, 0.2) is 0 Å². The molecule has 0 heterocycles. The molecule has 1 amide bonds. The summed E-state index contributed by atoms with van der Waals surface area (Å²) in [6, 6.07) is 24.7. The molecule has 1 atom stereocenters. The largest absolute Gasteiger partial charge is 0.497 e. The van der Waals surface area contributed by atoms with E-state index in [9.17, 15) is 4.79 Å². The van der Waals surface area contributed by atoms with E-state index in [0.717, 1.165) is 16.8 Å². The zero-order chi connectivity index (χ0) is 20.6. The van der Waals surface area contributed by atoms with Crippen LogP contribution in [0.4, 0.5) is 5.69 Å². The van der Waals surface area contributed by atoms with Crippen molar-refractivity contribution >= 4 is 11.6 Å². The van der Waals surface area contributed by atoms with Gasteiger partial charge in [0, 0.05) is 23.9 Å². The van der Waals surface area contributed by atoms with Gasteiger partial charge in [0.1, 0.15) is 17.5 Å². The summed E-state index contributed by atoms with van der Waals surface area (Å²) in [7, 11) is 3.19. The number of hydrogen-bond acceptors (Lipinski definition) is 4.